The molecule has 2 N–H and O–H groups in total. The Morgan fingerprint density at radius 3 is 2.80 bits per heavy atom. The van der Waals surface area contributed by atoms with E-state index in [1.165, 1.54) is 25.1 Å². The van der Waals surface area contributed by atoms with Gasteiger partial charge in [0.15, 0.2) is 0 Å². The van der Waals surface area contributed by atoms with E-state index in [1.807, 2.05) is 0 Å². The minimum absolute atomic E-state index is 0.152. The molecule has 1 rings (SSSR count). The number of nitrogens with one attached hydrogen (secondary N) is 1. The Balaban J connectivity index is 2.94. The predicted octanol–water partition coefficient (Wildman–Crippen LogP) is 1.13. The molecule has 0 saturated carbocycles. The molecule has 80 valence electrons. The number of hydrogen-bond donors (Lipinski definition) is 2. The van der Waals surface area contributed by atoms with Crippen molar-refractivity contribution in [3.05, 3.63) is 33.9 Å². The standard InChI is InChI=1S/C9H10N2O4/c1-6(12)10-8-2-3-9(13)7(4-8)5-11(14)15/h2-4,13H,5H2,1H3,(H,10,12). The number of benzene rings is 1. The summed E-state index contributed by atoms with van der Waals surface area (Å²) in [7, 11) is 0. The van der Waals surface area contributed by atoms with Gasteiger partial charge in [0.25, 0.3) is 0 Å². The Bertz CT molecular complexity index is 403. The molecule has 0 spiro atoms. The van der Waals surface area contributed by atoms with Crippen LogP contribution >= 0.6 is 0 Å². The zero-order valence-electron chi connectivity index (χ0n) is 8.06. The number of anilines is 1. The van der Waals surface area contributed by atoms with Crippen molar-refractivity contribution in [3.8, 4) is 5.75 Å². The van der Waals surface area contributed by atoms with Gasteiger partial charge in [-0.3, -0.25) is 14.9 Å². The highest BCUT2D eigenvalue weighted by atomic mass is 16.6. The second kappa shape index (κ2) is 4.41. The number of amides is 1. The number of hydrogen-bond acceptors (Lipinski definition) is 4. The Kier molecular flexibility index (Phi) is 3.22. The maximum atomic E-state index is 10.7. The molecule has 6 nitrogen and oxygen atoms in total. The van der Waals surface area contributed by atoms with Gasteiger partial charge in [-0.2, -0.15) is 0 Å². The number of aromatic hydroxyl groups is 1. The minimum atomic E-state index is -0.549. The summed E-state index contributed by atoms with van der Waals surface area (Å²) >= 11 is 0. The highest BCUT2D eigenvalue weighted by Gasteiger charge is 2.09. The summed E-state index contributed by atoms with van der Waals surface area (Å²) < 4.78 is 0. The van der Waals surface area contributed by atoms with Gasteiger partial charge in [0, 0.05) is 17.5 Å². The van der Waals surface area contributed by atoms with Crippen LogP contribution in [0.1, 0.15) is 12.5 Å². The molecule has 0 unspecified atom stereocenters. The number of phenols is 1. The largest absolute Gasteiger partial charge is 0.507 e. The average Bonchev–Trinajstić information content (AvgIpc) is 2.09. The summed E-state index contributed by atoms with van der Waals surface area (Å²) in [5.74, 6) is -0.423. The van der Waals surface area contributed by atoms with Gasteiger partial charge in [0.05, 0.1) is 5.56 Å². The van der Waals surface area contributed by atoms with E-state index < -0.39 is 11.5 Å². The normalized spacial score (nSPS) is 9.67. The number of carbonyl (C=O) groups is 1. The van der Waals surface area contributed by atoms with Crippen LogP contribution in [0.3, 0.4) is 0 Å². The van der Waals surface area contributed by atoms with Gasteiger partial charge < -0.3 is 10.4 Å². The van der Waals surface area contributed by atoms with E-state index in [2.05, 4.69) is 5.32 Å². The van der Waals surface area contributed by atoms with E-state index in [9.17, 15) is 20.0 Å². The fourth-order valence-corrected chi connectivity index (χ4v) is 1.13. The second-order valence-electron chi connectivity index (χ2n) is 3.02. The van der Waals surface area contributed by atoms with E-state index in [-0.39, 0.29) is 17.2 Å². The Morgan fingerprint density at radius 2 is 2.27 bits per heavy atom. The monoisotopic (exact) mass is 210 g/mol. The zero-order chi connectivity index (χ0) is 11.4. The molecule has 0 aliphatic heterocycles. The van der Waals surface area contributed by atoms with Crippen LogP contribution in [0.25, 0.3) is 0 Å². The molecule has 0 bridgehead atoms. The molecular weight excluding hydrogens is 200 g/mol. The summed E-state index contributed by atoms with van der Waals surface area (Å²) in [4.78, 5) is 20.4. The van der Waals surface area contributed by atoms with Crippen molar-refractivity contribution in [1.82, 2.24) is 0 Å². The molecule has 0 atom stereocenters. The highest BCUT2D eigenvalue weighted by molar-refractivity contribution is 5.88. The van der Waals surface area contributed by atoms with Gasteiger partial charge in [-0.1, -0.05) is 0 Å². The molecule has 0 radical (unpaired) electrons. The van der Waals surface area contributed by atoms with Crippen molar-refractivity contribution in [2.45, 2.75) is 13.5 Å². The first-order valence-electron chi connectivity index (χ1n) is 4.20. The molecule has 0 saturated heterocycles. The van der Waals surface area contributed by atoms with E-state index in [1.54, 1.807) is 0 Å². The fraction of sp³-hybridized carbons (Fsp3) is 0.222. The van der Waals surface area contributed by atoms with Gasteiger partial charge in [-0.05, 0) is 18.2 Å². The van der Waals surface area contributed by atoms with Crippen LogP contribution < -0.4 is 5.32 Å². The van der Waals surface area contributed by atoms with Crippen LogP contribution in [0.4, 0.5) is 5.69 Å². The average molecular weight is 210 g/mol. The second-order valence-corrected chi connectivity index (χ2v) is 3.02. The molecule has 0 aliphatic rings. The van der Waals surface area contributed by atoms with Crippen LogP contribution in [0.5, 0.6) is 5.75 Å². The van der Waals surface area contributed by atoms with Crippen molar-refractivity contribution in [3.63, 3.8) is 0 Å². The molecule has 1 amide bonds. The van der Waals surface area contributed by atoms with E-state index in [4.69, 9.17) is 0 Å². The number of rotatable bonds is 3. The molecule has 6 heteroatoms. The highest BCUT2D eigenvalue weighted by Crippen LogP contribution is 2.21. The number of nitro groups is 1. The van der Waals surface area contributed by atoms with Crippen LogP contribution in [0.2, 0.25) is 0 Å². The molecule has 0 fully saturated rings. The van der Waals surface area contributed by atoms with Crippen molar-refractivity contribution in [2.24, 2.45) is 0 Å². The number of phenolic OH excluding ortho intramolecular Hbond substituents is 1. The van der Waals surface area contributed by atoms with Crippen LogP contribution in [0, 0.1) is 10.1 Å². The molecule has 1 aromatic carbocycles. The zero-order valence-corrected chi connectivity index (χ0v) is 8.06. The lowest BCUT2D eigenvalue weighted by atomic mass is 10.2. The maximum absolute atomic E-state index is 10.7. The van der Waals surface area contributed by atoms with Gasteiger partial charge in [0.2, 0.25) is 12.5 Å². The smallest absolute Gasteiger partial charge is 0.232 e. The molecule has 1 aromatic rings. The summed E-state index contributed by atoms with van der Waals surface area (Å²) in [6.45, 7) is 0.860. The third-order valence-corrected chi connectivity index (χ3v) is 1.70. The fourth-order valence-electron chi connectivity index (χ4n) is 1.13. The Labute approximate surface area is 85.7 Å². The molecule has 15 heavy (non-hydrogen) atoms. The SMILES string of the molecule is CC(=O)Nc1ccc(O)c(C[N+](=O)[O-])c1. The third-order valence-electron chi connectivity index (χ3n) is 1.70. The van der Waals surface area contributed by atoms with Crippen molar-refractivity contribution in [1.29, 1.82) is 0 Å². The topological polar surface area (TPSA) is 92.5 Å². The lowest BCUT2D eigenvalue weighted by molar-refractivity contribution is -0.496. The van der Waals surface area contributed by atoms with Crippen molar-refractivity contribution < 1.29 is 14.8 Å². The number of nitrogens with zero attached hydrogens (tertiary/aromatic N) is 1. The number of carbonyl (C=O) groups excluding carboxylic acids is 1. The first-order valence-corrected chi connectivity index (χ1v) is 4.20. The summed E-state index contributed by atoms with van der Waals surface area (Å²) in [6, 6.07) is 4.16. The Hall–Kier alpha value is -2.11. The van der Waals surface area contributed by atoms with Crippen LogP contribution in [-0.4, -0.2) is 15.9 Å². The van der Waals surface area contributed by atoms with Crippen LogP contribution in [-0.2, 0) is 11.3 Å². The van der Waals surface area contributed by atoms with E-state index in [0.29, 0.717) is 5.69 Å². The molecule has 0 aliphatic carbocycles. The first-order chi connectivity index (χ1) is 6.99. The predicted molar refractivity (Wildman–Crippen MR) is 53.1 cm³/mol. The summed E-state index contributed by atoms with van der Waals surface area (Å²) in [5.41, 5.74) is 0.600. The van der Waals surface area contributed by atoms with Crippen molar-refractivity contribution in [2.75, 3.05) is 5.32 Å². The Morgan fingerprint density at radius 1 is 1.60 bits per heavy atom. The third kappa shape index (κ3) is 3.26. The molecule has 0 heterocycles. The maximum Gasteiger partial charge on any atom is 0.232 e. The van der Waals surface area contributed by atoms with Gasteiger partial charge >= 0.3 is 0 Å². The minimum Gasteiger partial charge on any atom is -0.507 e. The summed E-state index contributed by atoms with van der Waals surface area (Å²) in [6.07, 6.45) is 0. The van der Waals surface area contributed by atoms with Crippen molar-refractivity contribution >= 4 is 11.6 Å². The lowest BCUT2D eigenvalue weighted by Gasteiger charge is -2.04. The molecule has 0 aromatic heterocycles. The van der Waals surface area contributed by atoms with Crippen LogP contribution in [0.15, 0.2) is 18.2 Å². The first kappa shape index (κ1) is 11.0. The quantitative estimate of drug-likeness (QED) is 0.444. The van der Waals surface area contributed by atoms with Gasteiger partial charge in [0.1, 0.15) is 5.75 Å². The van der Waals surface area contributed by atoms with Gasteiger partial charge in [-0.25, -0.2) is 0 Å². The lowest BCUT2D eigenvalue weighted by Crippen LogP contribution is -2.06. The molecular formula is C9H10N2O4. The van der Waals surface area contributed by atoms with E-state index >= 15 is 0 Å². The summed E-state index contributed by atoms with van der Waals surface area (Å²) in [5, 5.41) is 22.0. The van der Waals surface area contributed by atoms with E-state index in [0.717, 1.165) is 0 Å². The van der Waals surface area contributed by atoms with Gasteiger partial charge in [-0.15, -0.1) is 0 Å².